The molecule has 0 aliphatic carbocycles. The lowest BCUT2D eigenvalue weighted by molar-refractivity contribution is 0.123. The van der Waals surface area contributed by atoms with Gasteiger partial charge in [-0.05, 0) is 25.6 Å². The number of hydrogen-bond acceptors (Lipinski definition) is 6. The minimum atomic E-state index is -2.41. The first-order chi connectivity index (χ1) is 7.64. The van der Waals surface area contributed by atoms with E-state index in [0.29, 0.717) is 11.0 Å². The fourth-order valence-corrected chi connectivity index (χ4v) is 4.16. The number of thiocarbonyl (C=S) groups is 1. The molecule has 0 aromatic carbocycles. The molecule has 0 saturated carbocycles. The van der Waals surface area contributed by atoms with Gasteiger partial charge in [-0.1, -0.05) is 11.8 Å². The largest absolute Gasteiger partial charge is 0.500 e. The molecule has 0 fully saturated rings. The lowest BCUT2D eigenvalue weighted by atomic mass is 10.6. The molecule has 7 heteroatoms. The SMILES string of the molecule is CCOC(=S)SCCC[Si](OC)(OC)OC. The van der Waals surface area contributed by atoms with E-state index in [0.717, 1.165) is 18.2 Å². The minimum absolute atomic E-state index is 0.599. The second-order valence-electron chi connectivity index (χ2n) is 2.93. The Labute approximate surface area is 108 Å². The van der Waals surface area contributed by atoms with Crippen LogP contribution in [0.4, 0.5) is 0 Å². The summed E-state index contributed by atoms with van der Waals surface area (Å²) in [5.74, 6) is 0.893. The van der Waals surface area contributed by atoms with Crippen LogP contribution in [0.3, 0.4) is 0 Å². The highest BCUT2D eigenvalue weighted by Gasteiger charge is 2.36. The molecule has 0 atom stereocenters. The molecule has 4 nitrogen and oxygen atoms in total. The molecule has 0 N–H and O–H groups in total. The van der Waals surface area contributed by atoms with Crippen molar-refractivity contribution in [3.63, 3.8) is 0 Å². The molecule has 96 valence electrons. The Bertz CT molecular complexity index is 192. The molecule has 0 aromatic heterocycles. The Morgan fingerprint density at radius 2 is 1.75 bits per heavy atom. The van der Waals surface area contributed by atoms with Crippen molar-refractivity contribution in [1.82, 2.24) is 0 Å². The Hall–Kier alpha value is 0.337. The number of ether oxygens (including phenoxy) is 1. The van der Waals surface area contributed by atoms with Gasteiger partial charge in [0.25, 0.3) is 0 Å². The minimum Gasteiger partial charge on any atom is -0.479 e. The molecule has 0 rings (SSSR count). The third-order valence-electron chi connectivity index (χ3n) is 2.04. The van der Waals surface area contributed by atoms with E-state index in [4.69, 9.17) is 30.2 Å². The van der Waals surface area contributed by atoms with Gasteiger partial charge in [0, 0.05) is 33.1 Å². The van der Waals surface area contributed by atoms with Crippen molar-refractivity contribution in [2.75, 3.05) is 33.7 Å². The molecule has 0 radical (unpaired) electrons. The molecule has 0 amide bonds. The van der Waals surface area contributed by atoms with E-state index in [1.54, 1.807) is 21.3 Å². The highest BCUT2D eigenvalue weighted by molar-refractivity contribution is 8.22. The maximum Gasteiger partial charge on any atom is 0.500 e. The van der Waals surface area contributed by atoms with Gasteiger partial charge in [0.2, 0.25) is 4.38 Å². The van der Waals surface area contributed by atoms with Gasteiger partial charge in [0.1, 0.15) is 0 Å². The van der Waals surface area contributed by atoms with E-state index < -0.39 is 8.80 Å². The van der Waals surface area contributed by atoms with Crippen molar-refractivity contribution in [1.29, 1.82) is 0 Å². The molecule has 0 aromatic rings. The highest BCUT2D eigenvalue weighted by Crippen LogP contribution is 2.18. The fourth-order valence-electron chi connectivity index (χ4n) is 1.16. The van der Waals surface area contributed by atoms with Crippen molar-refractivity contribution in [3.8, 4) is 0 Å². The predicted octanol–water partition coefficient (Wildman–Crippen LogP) is 2.31. The lowest BCUT2D eigenvalue weighted by Gasteiger charge is -2.24. The van der Waals surface area contributed by atoms with Crippen LogP contribution in [0.1, 0.15) is 13.3 Å². The summed E-state index contributed by atoms with van der Waals surface area (Å²) in [5.41, 5.74) is 0. The molecule has 0 unspecified atom stereocenters. The van der Waals surface area contributed by atoms with Crippen molar-refractivity contribution in [2.24, 2.45) is 0 Å². The van der Waals surface area contributed by atoms with E-state index in [-0.39, 0.29) is 0 Å². The average Bonchev–Trinajstić information content (AvgIpc) is 2.31. The van der Waals surface area contributed by atoms with Crippen LogP contribution in [-0.2, 0) is 18.0 Å². The second-order valence-corrected chi connectivity index (χ2v) is 7.72. The lowest BCUT2D eigenvalue weighted by Crippen LogP contribution is -2.42. The van der Waals surface area contributed by atoms with Gasteiger partial charge >= 0.3 is 8.80 Å². The Kier molecular flexibility index (Phi) is 9.57. The summed E-state index contributed by atoms with van der Waals surface area (Å²) < 4.78 is 21.7. The quantitative estimate of drug-likeness (QED) is 0.387. The van der Waals surface area contributed by atoms with Crippen LogP contribution in [0.2, 0.25) is 6.04 Å². The fraction of sp³-hybridized carbons (Fsp3) is 0.889. The summed E-state index contributed by atoms with van der Waals surface area (Å²) >= 11 is 6.54. The van der Waals surface area contributed by atoms with Gasteiger partial charge < -0.3 is 18.0 Å². The molecule has 0 saturated heterocycles. The zero-order valence-corrected chi connectivity index (χ0v) is 12.9. The molecule has 0 aliphatic rings. The average molecular weight is 284 g/mol. The van der Waals surface area contributed by atoms with E-state index in [2.05, 4.69) is 0 Å². The van der Waals surface area contributed by atoms with Crippen molar-refractivity contribution >= 4 is 37.2 Å². The Balaban J connectivity index is 3.74. The van der Waals surface area contributed by atoms with Crippen LogP contribution in [0, 0.1) is 0 Å². The van der Waals surface area contributed by atoms with Gasteiger partial charge in [-0.25, -0.2) is 0 Å². The van der Waals surface area contributed by atoms with Gasteiger partial charge in [-0.2, -0.15) is 0 Å². The third kappa shape index (κ3) is 6.17. The summed E-state index contributed by atoms with van der Waals surface area (Å²) in [6.07, 6.45) is 0.930. The monoisotopic (exact) mass is 284 g/mol. The molecular formula is C9H20O4S2Si. The molecule has 0 bridgehead atoms. The van der Waals surface area contributed by atoms with Crippen molar-refractivity contribution in [3.05, 3.63) is 0 Å². The van der Waals surface area contributed by atoms with Gasteiger partial charge in [-0.15, -0.1) is 0 Å². The summed E-state index contributed by atoms with van der Waals surface area (Å²) in [7, 11) is 2.46. The molecule has 0 heterocycles. The van der Waals surface area contributed by atoms with Gasteiger partial charge in [0.15, 0.2) is 0 Å². The number of thioether (sulfide) groups is 1. The summed E-state index contributed by atoms with van der Waals surface area (Å²) in [6.45, 7) is 2.55. The second kappa shape index (κ2) is 9.38. The van der Waals surface area contributed by atoms with Crippen molar-refractivity contribution < 1.29 is 18.0 Å². The third-order valence-corrected chi connectivity index (χ3v) is 6.19. The van der Waals surface area contributed by atoms with E-state index in [1.807, 2.05) is 6.92 Å². The highest BCUT2D eigenvalue weighted by atomic mass is 32.2. The van der Waals surface area contributed by atoms with Crippen LogP contribution < -0.4 is 0 Å². The topological polar surface area (TPSA) is 36.9 Å². The first-order valence-electron chi connectivity index (χ1n) is 5.09. The van der Waals surface area contributed by atoms with E-state index >= 15 is 0 Å². The summed E-state index contributed by atoms with van der Waals surface area (Å²) in [5, 5.41) is 0. The van der Waals surface area contributed by atoms with Crippen LogP contribution in [-0.4, -0.2) is 46.9 Å². The van der Waals surface area contributed by atoms with Gasteiger partial charge in [-0.3, -0.25) is 0 Å². The molecule has 16 heavy (non-hydrogen) atoms. The maximum absolute atomic E-state index is 5.31. The molecule has 0 spiro atoms. The van der Waals surface area contributed by atoms with Gasteiger partial charge in [0.05, 0.1) is 6.61 Å². The van der Waals surface area contributed by atoms with E-state index in [9.17, 15) is 0 Å². The van der Waals surface area contributed by atoms with Crippen LogP contribution in [0.15, 0.2) is 0 Å². The van der Waals surface area contributed by atoms with Crippen LogP contribution >= 0.6 is 24.0 Å². The standard InChI is InChI=1S/C9H20O4S2Si/c1-5-13-9(14)15-7-6-8-16(10-2,11-3)12-4/h5-8H2,1-4H3. The Morgan fingerprint density at radius 1 is 1.19 bits per heavy atom. The molecular weight excluding hydrogens is 264 g/mol. The van der Waals surface area contributed by atoms with E-state index in [1.165, 1.54) is 11.8 Å². The molecule has 0 aliphatic heterocycles. The first kappa shape index (κ1) is 16.3. The normalized spacial score (nSPS) is 11.5. The summed E-state index contributed by atoms with van der Waals surface area (Å²) in [4.78, 5) is 0. The summed E-state index contributed by atoms with van der Waals surface area (Å²) in [6, 6.07) is 0.790. The smallest absolute Gasteiger partial charge is 0.479 e. The zero-order valence-electron chi connectivity index (χ0n) is 10.3. The maximum atomic E-state index is 5.31. The number of hydrogen-bond donors (Lipinski definition) is 0. The predicted molar refractivity (Wildman–Crippen MR) is 72.9 cm³/mol. The number of rotatable bonds is 8. The zero-order chi connectivity index (χ0) is 12.4. The van der Waals surface area contributed by atoms with Crippen molar-refractivity contribution in [2.45, 2.75) is 19.4 Å². The Morgan fingerprint density at radius 3 is 2.19 bits per heavy atom. The van der Waals surface area contributed by atoms with Crippen LogP contribution in [0.5, 0.6) is 0 Å². The first-order valence-corrected chi connectivity index (χ1v) is 8.41. The van der Waals surface area contributed by atoms with Crippen LogP contribution in [0.25, 0.3) is 0 Å².